The molecule has 0 heteroatoms. The Balaban J connectivity index is 2.37. The third kappa shape index (κ3) is 0.680. The molecular weight excluding hydrogens is 120 g/mol. The first kappa shape index (κ1) is 6.45. The summed E-state index contributed by atoms with van der Waals surface area (Å²) in [6, 6.07) is 0. The highest BCUT2D eigenvalue weighted by Crippen LogP contribution is 2.55. The summed E-state index contributed by atoms with van der Waals surface area (Å²) in [5, 5.41) is 0. The van der Waals surface area contributed by atoms with E-state index < -0.39 is 0 Å². The van der Waals surface area contributed by atoms with Gasteiger partial charge in [-0.1, -0.05) is 25.0 Å². The Hall–Kier alpha value is -0.260. The molecule has 2 rings (SSSR count). The van der Waals surface area contributed by atoms with Crippen LogP contribution >= 0.6 is 0 Å². The molecule has 0 aromatic carbocycles. The van der Waals surface area contributed by atoms with Gasteiger partial charge in [-0.15, -0.1) is 0 Å². The predicted octanol–water partition coefficient (Wildman–Crippen LogP) is 3.14. The minimum atomic E-state index is 0.679. The van der Waals surface area contributed by atoms with E-state index >= 15 is 0 Å². The van der Waals surface area contributed by atoms with Crippen molar-refractivity contribution >= 4 is 0 Å². The van der Waals surface area contributed by atoms with Gasteiger partial charge in [0.15, 0.2) is 0 Å². The van der Waals surface area contributed by atoms with Crippen molar-refractivity contribution in [1.82, 2.24) is 0 Å². The molecule has 0 nitrogen and oxygen atoms in total. The highest BCUT2D eigenvalue weighted by Gasteiger charge is 2.42. The summed E-state index contributed by atoms with van der Waals surface area (Å²) in [5.41, 5.74) is 4.16. The molecule has 0 spiro atoms. The predicted molar refractivity (Wildman–Crippen MR) is 43.8 cm³/mol. The van der Waals surface area contributed by atoms with E-state index in [1.165, 1.54) is 19.3 Å². The monoisotopic (exact) mass is 136 g/mol. The van der Waals surface area contributed by atoms with Gasteiger partial charge in [0.05, 0.1) is 0 Å². The topological polar surface area (TPSA) is 0 Å². The van der Waals surface area contributed by atoms with Crippen molar-refractivity contribution in [1.29, 1.82) is 0 Å². The molecule has 0 heterocycles. The average Bonchev–Trinajstić information content (AvgIpc) is 2.17. The lowest BCUT2D eigenvalue weighted by Gasteiger charge is -2.23. The van der Waals surface area contributed by atoms with Gasteiger partial charge in [0, 0.05) is 0 Å². The molecule has 0 saturated heterocycles. The van der Waals surface area contributed by atoms with Crippen LogP contribution in [-0.2, 0) is 0 Å². The smallest absolute Gasteiger partial charge is 0.0223 e. The Morgan fingerprint density at radius 2 is 2.10 bits per heavy atom. The van der Waals surface area contributed by atoms with Crippen molar-refractivity contribution in [2.75, 3.05) is 0 Å². The quantitative estimate of drug-likeness (QED) is 0.449. The van der Waals surface area contributed by atoms with Gasteiger partial charge in [0.25, 0.3) is 0 Å². The molecule has 1 saturated carbocycles. The summed E-state index contributed by atoms with van der Waals surface area (Å²) in [6.07, 6.45) is 4.23. The van der Waals surface area contributed by atoms with Crippen molar-refractivity contribution in [2.24, 2.45) is 11.3 Å². The maximum absolute atomic E-state index is 2.44. The summed E-state index contributed by atoms with van der Waals surface area (Å²) in [5.74, 6) is 0.902. The van der Waals surface area contributed by atoms with Crippen LogP contribution in [0, 0.1) is 11.3 Å². The van der Waals surface area contributed by atoms with Crippen molar-refractivity contribution in [3.63, 3.8) is 0 Å². The molecule has 2 unspecified atom stereocenters. The van der Waals surface area contributed by atoms with E-state index in [2.05, 4.69) is 20.8 Å². The lowest BCUT2D eigenvalue weighted by Crippen LogP contribution is -2.11. The Kier molecular flexibility index (Phi) is 1.07. The van der Waals surface area contributed by atoms with Crippen molar-refractivity contribution in [3.8, 4) is 0 Å². The second-order valence-corrected chi connectivity index (χ2v) is 4.57. The molecule has 0 aliphatic heterocycles. The van der Waals surface area contributed by atoms with Gasteiger partial charge in [0.1, 0.15) is 0 Å². The zero-order valence-electron chi connectivity index (χ0n) is 7.20. The molecule has 2 aliphatic rings. The zero-order chi connectivity index (χ0) is 7.35. The molecule has 2 bridgehead atoms. The Morgan fingerprint density at radius 3 is 2.40 bits per heavy atom. The summed E-state index contributed by atoms with van der Waals surface area (Å²) < 4.78 is 0. The number of hydrogen-bond acceptors (Lipinski definition) is 0. The Bertz CT molecular complexity index is 200. The Labute approximate surface area is 63.3 Å². The molecular formula is C10H16. The number of hydrogen-bond donors (Lipinski definition) is 0. The molecule has 2 atom stereocenters. The summed E-state index contributed by atoms with van der Waals surface area (Å²) in [4.78, 5) is 0. The SMILES string of the molecule is CC1=C2CC(C)(C1)CC2C. The third-order valence-electron chi connectivity index (χ3n) is 3.25. The molecule has 0 aromatic rings. The summed E-state index contributed by atoms with van der Waals surface area (Å²) in [7, 11) is 0. The van der Waals surface area contributed by atoms with Gasteiger partial charge < -0.3 is 0 Å². The van der Waals surface area contributed by atoms with Crippen LogP contribution in [0.15, 0.2) is 11.1 Å². The number of rotatable bonds is 0. The van der Waals surface area contributed by atoms with Crippen LogP contribution in [-0.4, -0.2) is 0 Å². The maximum Gasteiger partial charge on any atom is -0.0223 e. The normalized spacial score (nSPS) is 45.3. The van der Waals surface area contributed by atoms with Crippen molar-refractivity contribution in [3.05, 3.63) is 11.1 Å². The van der Waals surface area contributed by atoms with Crippen LogP contribution in [0.1, 0.15) is 40.0 Å². The van der Waals surface area contributed by atoms with Crippen LogP contribution in [0.25, 0.3) is 0 Å². The zero-order valence-corrected chi connectivity index (χ0v) is 7.20. The molecule has 0 amide bonds. The van der Waals surface area contributed by atoms with Crippen LogP contribution in [0.2, 0.25) is 0 Å². The van der Waals surface area contributed by atoms with Gasteiger partial charge in [-0.3, -0.25) is 0 Å². The van der Waals surface area contributed by atoms with E-state index in [4.69, 9.17) is 0 Å². The Morgan fingerprint density at radius 1 is 1.40 bits per heavy atom. The van der Waals surface area contributed by atoms with Crippen LogP contribution in [0.5, 0.6) is 0 Å². The van der Waals surface area contributed by atoms with Gasteiger partial charge in [-0.05, 0) is 37.5 Å². The molecule has 2 aliphatic carbocycles. The first-order chi connectivity index (χ1) is 4.61. The van der Waals surface area contributed by atoms with Gasteiger partial charge in [0.2, 0.25) is 0 Å². The van der Waals surface area contributed by atoms with Gasteiger partial charge in [-0.2, -0.15) is 0 Å². The average molecular weight is 136 g/mol. The van der Waals surface area contributed by atoms with E-state index in [0.717, 1.165) is 5.92 Å². The first-order valence-electron chi connectivity index (χ1n) is 4.29. The number of allylic oxidation sites excluding steroid dienone is 2. The highest BCUT2D eigenvalue weighted by molar-refractivity contribution is 5.29. The van der Waals surface area contributed by atoms with E-state index in [9.17, 15) is 0 Å². The van der Waals surface area contributed by atoms with Crippen molar-refractivity contribution < 1.29 is 0 Å². The van der Waals surface area contributed by atoms with E-state index in [-0.39, 0.29) is 0 Å². The van der Waals surface area contributed by atoms with E-state index in [1.807, 2.05) is 0 Å². The molecule has 0 radical (unpaired) electrons. The van der Waals surface area contributed by atoms with E-state index in [1.54, 1.807) is 11.1 Å². The largest absolute Gasteiger partial charge is 0.0733 e. The van der Waals surface area contributed by atoms with Crippen LogP contribution < -0.4 is 0 Å². The lowest BCUT2D eigenvalue weighted by molar-refractivity contribution is 0.326. The molecule has 0 N–H and O–H groups in total. The highest BCUT2D eigenvalue weighted by atomic mass is 14.5. The molecule has 10 heavy (non-hydrogen) atoms. The standard InChI is InChI=1S/C10H16/c1-7-4-10(3)5-8(2)9(7)6-10/h7H,4-6H2,1-3H3. The molecule has 56 valence electrons. The second-order valence-electron chi connectivity index (χ2n) is 4.57. The second kappa shape index (κ2) is 1.66. The van der Waals surface area contributed by atoms with Crippen molar-refractivity contribution in [2.45, 2.75) is 40.0 Å². The third-order valence-corrected chi connectivity index (χ3v) is 3.25. The van der Waals surface area contributed by atoms with Crippen LogP contribution in [0.4, 0.5) is 0 Å². The molecule has 1 fully saturated rings. The summed E-state index contributed by atoms with van der Waals surface area (Å²) >= 11 is 0. The maximum atomic E-state index is 2.44. The molecule has 0 aromatic heterocycles. The number of fused-ring (bicyclic) bond motifs is 2. The van der Waals surface area contributed by atoms with Gasteiger partial charge >= 0.3 is 0 Å². The minimum Gasteiger partial charge on any atom is -0.0733 e. The minimum absolute atomic E-state index is 0.679. The van der Waals surface area contributed by atoms with E-state index in [0.29, 0.717) is 5.41 Å². The first-order valence-corrected chi connectivity index (χ1v) is 4.29. The van der Waals surface area contributed by atoms with Gasteiger partial charge in [-0.25, -0.2) is 0 Å². The summed E-state index contributed by atoms with van der Waals surface area (Å²) in [6.45, 7) is 7.13. The van der Waals surface area contributed by atoms with Crippen LogP contribution in [0.3, 0.4) is 0 Å². The fourth-order valence-corrected chi connectivity index (χ4v) is 3.03. The lowest BCUT2D eigenvalue weighted by atomic mass is 9.82. The fourth-order valence-electron chi connectivity index (χ4n) is 3.03. The fraction of sp³-hybridized carbons (Fsp3) is 0.800.